The SMILES string of the molecule is CC(C)(CO)NC(=O)/C=C/c1ccc(C(=O)NC2CC2)cc1. The van der Waals surface area contributed by atoms with Crippen molar-refractivity contribution in [3.8, 4) is 0 Å². The number of carbonyl (C=O) groups is 2. The second-order valence-electron chi connectivity index (χ2n) is 6.23. The summed E-state index contributed by atoms with van der Waals surface area (Å²) >= 11 is 0. The van der Waals surface area contributed by atoms with Crippen LogP contribution in [0.1, 0.15) is 42.6 Å². The maximum absolute atomic E-state index is 11.8. The molecule has 1 aliphatic rings. The molecule has 0 aromatic heterocycles. The van der Waals surface area contributed by atoms with Gasteiger partial charge in [-0.15, -0.1) is 0 Å². The molecule has 0 unspecified atom stereocenters. The summed E-state index contributed by atoms with van der Waals surface area (Å²) in [4.78, 5) is 23.6. The van der Waals surface area contributed by atoms with E-state index in [9.17, 15) is 9.59 Å². The first kappa shape index (κ1) is 16.2. The van der Waals surface area contributed by atoms with Gasteiger partial charge in [0.2, 0.25) is 5.91 Å². The van der Waals surface area contributed by atoms with Gasteiger partial charge in [0.25, 0.3) is 5.91 Å². The van der Waals surface area contributed by atoms with Crippen molar-refractivity contribution in [1.82, 2.24) is 10.6 Å². The van der Waals surface area contributed by atoms with Crippen LogP contribution in [-0.4, -0.2) is 35.1 Å². The fourth-order valence-corrected chi connectivity index (χ4v) is 1.83. The van der Waals surface area contributed by atoms with Gasteiger partial charge < -0.3 is 15.7 Å². The quantitative estimate of drug-likeness (QED) is 0.697. The topological polar surface area (TPSA) is 78.4 Å². The maximum Gasteiger partial charge on any atom is 0.251 e. The zero-order valence-electron chi connectivity index (χ0n) is 12.9. The van der Waals surface area contributed by atoms with E-state index < -0.39 is 5.54 Å². The lowest BCUT2D eigenvalue weighted by Crippen LogP contribution is -2.45. The first-order valence-electron chi connectivity index (χ1n) is 7.42. The number of rotatable bonds is 6. The van der Waals surface area contributed by atoms with Crippen LogP contribution >= 0.6 is 0 Å². The van der Waals surface area contributed by atoms with E-state index in [0.29, 0.717) is 11.6 Å². The van der Waals surface area contributed by atoms with Crippen LogP contribution in [0.25, 0.3) is 6.08 Å². The van der Waals surface area contributed by atoms with Crippen molar-refractivity contribution in [2.45, 2.75) is 38.3 Å². The molecule has 1 aromatic carbocycles. The highest BCUT2D eigenvalue weighted by Gasteiger charge is 2.23. The van der Waals surface area contributed by atoms with Crippen LogP contribution in [0.15, 0.2) is 30.3 Å². The van der Waals surface area contributed by atoms with E-state index in [0.717, 1.165) is 18.4 Å². The second kappa shape index (κ2) is 6.75. The van der Waals surface area contributed by atoms with Gasteiger partial charge in [-0.3, -0.25) is 9.59 Å². The van der Waals surface area contributed by atoms with Gasteiger partial charge in [0, 0.05) is 17.7 Å². The number of aliphatic hydroxyl groups excluding tert-OH is 1. The molecular formula is C17H22N2O3. The minimum Gasteiger partial charge on any atom is -0.394 e. The van der Waals surface area contributed by atoms with Crippen LogP contribution in [0, 0.1) is 0 Å². The highest BCUT2D eigenvalue weighted by molar-refractivity contribution is 5.95. The number of hydrogen-bond donors (Lipinski definition) is 3. The van der Waals surface area contributed by atoms with Gasteiger partial charge in [-0.1, -0.05) is 12.1 Å². The van der Waals surface area contributed by atoms with Gasteiger partial charge in [-0.05, 0) is 50.5 Å². The molecule has 0 bridgehead atoms. The third-order valence-electron chi connectivity index (χ3n) is 3.37. The van der Waals surface area contributed by atoms with Crippen molar-refractivity contribution in [2.75, 3.05) is 6.61 Å². The van der Waals surface area contributed by atoms with Crippen LogP contribution in [0.4, 0.5) is 0 Å². The maximum atomic E-state index is 11.8. The monoisotopic (exact) mass is 302 g/mol. The van der Waals surface area contributed by atoms with Crippen LogP contribution in [0.3, 0.4) is 0 Å². The lowest BCUT2D eigenvalue weighted by atomic mass is 10.1. The zero-order chi connectivity index (χ0) is 16.2. The van der Waals surface area contributed by atoms with Crippen molar-refractivity contribution < 1.29 is 14.7 Å². The number of carbonyl (C=O) groups excluding carboxylic acids is 2. The molecule has 1 aromatic rings. The minimum absolute atomic E-state index is 0.0551. The molecule has 0 atom stereocenters. The molecule has 1 aliphatic carbocycles. The average Bonchev–Trinajstić information content (AvgIpc) is 3.29. The Labute approximate surface area is 130 Å². The third kappa shape index (κ3) is 5.00. The van der Waals surface area contributed by atoms with Crippen molar-refractivity contribution in [3.63, 3.8) is 0 Å². The fourth-order valence-electron chi connectivity index (χ4n) is 1.83. The molecule has 22 heavy (non-hydrogen) atoms. The number of hydrogen-bond acceptors (Lipinski definition) is 3. The number of aliphatic hydroxyl groups is 1. The van der Waals surface area contributed by atoms with E-state index >= 15 is 0 Å². The molecule has 0 spiro atoms. The summed E-state index contributed by atoms with van der Waals surface area (Å²) in [6.07, 6.45) is 5.21. The second-order valence-corrected chi connectivity index (χ2v) is 6.23. The van der Waals surface area contributed by atoms with Crippen molar-refractivity contribution in [3.05, 3.63) is 41.5 Å². The minimum atomic E-state index is -0.647. The standard InChI is InChI=1S/C17H22N2O3/c1-17(2,11-20)19-15(21)10-5-12-3-6-13(7-4-12)16(22)18-14-8-9-14/h3-7,10,14,20H,8-9,11H2,1-2H3,(H,18,22)(H,19,21)/b10-5+. The average molecular weight is 302 g/mol. The lowest BCUT2D eigenvalue weighted by Gasteiger charge is -2.22. The number of nitrogens with one attached hydrogen (secondary N) is 2. The third-order valence-corrected chi connectivity index (χ3v) is 3.37. The summed E-state index contributed by atoms with van der Waals surface area (Å²) < 4.78 is 0. The van der Waals surface area contributed by atoms with Gasteiger partial charge in [0.15, 0.2) is 0 Å². The predicted molar refractivity (Wildman–Crippen MR) is 85.3 cm³/mol. The Morgan fingerprint density at radius 1 is 1.27 bits per heavy atom. The van der Waals surface area contributed by atoms with Crippen molar-refractivity contribution in [1.29, 1.82) is 0 Å². The highest BCUT2D eigenvalue weighted by atomic mass is 16.3. The molecule has 0 heterocycles. The Kier molecular flexibility index (Phi) is 4.98. The van der Waals surface area contributed by atoms with Crippen molar-refractivity contribution >= 4 is 17.9 Å². The summed E-state index contributed by atoms with van der Waals surface area (Å²) in [6, 6.07) is 7.41. The van der Waals surface area contributed by atoms with E-state index in [2.05, 4.69) is 10.6 Å². The Bertz CT molecular complexity index is 572. The molecule has 2 amide bonds. The Morgan fingerprint density at radius 2 is 1.91 bits per heavy atom. The number of benzene rings is 1. The smallest absolute Gasteiger partial charge is 0.251 e. The molecule has 118 valence electrons. The molecule has 1 saturated carbocycles. The Balaban J connectivity index is 1.91. The molecule has 3 N–H and O–H groups in total. The fraction of sp³-hybridized carbons (Fsp3) is 0.412. The summed E-state index contributed by atoms with van der Waals surface area (Å²) in [5, 5.41) is 14.7. The summed E-state index contributed by atoms with van der Waals surface area (Å²) in [6.45, 7) is 3.36. The lowest BCUT2D eigenvalue weighted by molar-refractivity contribution is -0.118. The van der Waals surface area contributed by atoms with E-state index in [1.165, 1.54) is 6.08 Å². The summed E-state index contributed by atoms with van der Waals surface area (Å²) in [5.41, 5.74) is 0.807. The molecule has 1 fully saturated rings. The zero-order valence-corrected chi connectivity index (χ0v) is 12.9. The predicted octanol–water partition coefficient (Wildman–Crippen LogP) is 1.48. The Morgan fingerprint density at radius 3 is 2.45 bits per heavy atom. The van der Waals surface area contributed by atoms with E-state index in [1.54, 1.807) is 44.2 Å². The van der Waals surface area contributed by atoms with Gasteiger partial charge in [-0.2, -0.15) is 0 Å². The van der Waals surface area contributed by atoms with Gasteiger partial charge >= 0.3 is 0 Å². The molecular weight excluding hydrogens is 280 g/mol. The summed E-state index contributed by atoms with van der Waals surface area (Å²) in [7, 11) is 0. The highest BCUT2D eigenvalue weighted by Crippen LogP contribution is 2.19. The van der Waals surface area contributed by atoms with Crippen LogP contribution < -0.4 is 10.6 Å². The largest absolute Gasteiger partial charge is 0.394 e. The van der Waals surface area contributed by atoms with Crippen molar-refractivity contribution in [2.24, 2.45) is 0 Å². The molecule has 2 rings (SSSR count). The van der Waals surface area contributed by atoms with Crippen LogP contribution in [0.2, 0.25) is 0 Å². The van der Waals surface area contributed by atoms with Crippen LogP contribution in [-0.2, 0) is 4.79 Å². The van der Waals surface area contributed by atoms with Crippen LogP contribution in [0.5, 0.6) is 0 Å². The number of amides is 2. The first-order chi connectivity index (χ1) is 10.4. The van der Waals surface area contributed by atoms with Gasteiger partial charge in [0.05, 0.1) is 12.1 Å². The molecule has 5 heteroatoms. The molecule has 5 nitrogen and oxygen atoms in total. The van der Waals surface area contributed by atoms with E-state index in [1.807, 2.05) is 0 Å². The normalized spacial score (nSPS) is 14.9. The Hall–Kier alpha value is -2.14. The first-order valence-corrected chi connectivity index (χ1v) is 7.42. The molecule has 0 saturated heterocycles. The molecule has 0 radical (unpaired) electrons. The van der Waals surface area contributed by atoms with Gasteiger partial charge in [0.1, 0.15) is 0 Å². The molecule has 0 aliphatic heterocycles. The van der Waals surface area contributed by atoms with Gasteiger partial charge in [-0.25, -0.2) is 0 Å². The van der Waals surface area contributed by atoms with E-state index in [-0.39, 0.29) is 18.4 Å². The van der Waals surface area contributed by atoms with E-state index in [4.69, 9.17) is 5.11 Å². The summed E-state index contributed by atoms with van der Waals surface area (Å²) in [5.74, 6) is -0.324.